The summed E-state index contributed by atoms with van der Waals surface area (Å²) in [5.41, 5.74) is 0.988. The van der Waals surface area contributed by atoms with Crippen molar-refractivity contribution in [1.29, 1.82) is 0 Å². The molecule has 0 saturated carbocycles. The molecule has 142 valence electrons. The van der Waals surface area contributed by atoms with Crippen LogP contribution in [0.15, 0.2) is 41.5 Å². The fourth-order valence-corrected chi connectivity index (χ4v) is 2.93. The van der Waals surface area contributed by atoms with Gasteiger partial charge >= 0.3 is 0 Å². The van der Waals surface area contributed by atoms with Gasteiger partial charge in [-0.15, -0.1) is 0 Å². The Hall–Kier alpha value is -2.93. The zero-order chi connectivity index (χ0) is 19.4. The molecule has 0 unspecified atom stereocenters. The number of hydrogen-bond donors (Lipinski definition) is 3. The van der Waals surface area contributed by atoms with Gasteiger partial charge in [0.25, 0.3) is 5.56 Å². The molecule has 3 heterocycles. The molecule has 0 amide bonds. The van der Waals surface area contributed by atoms with Crippen LogP contribution in [0.5, 0.6) is 0 Å². The summed E-state index contributed by atoms with van der Waals surface area (Å²) in [5.74, 6) is 1.74. The zero-order valence-corrected chi connectivity index (χ0v) is 15.9. The van der Waals surface area contributed by atoms with Crippen LogP contribution in [-0.2, 0) is 6.54 Å². The average Bonchev–Trinajstić information content (AvgIpc) is 2.66. The highest BCUT2D eigenvalue weighted by Gasteiger charge is 2.15. The molecule has 1 atom stereocenters. The van der Waals surface area contributed by atoms with E-state index in [0.29, 0.717) is 35.8 Å². The van der Waals surface area contributed by atoms with Gasteiger partial charge in [0.15, 0.2) is 0 Å². The van der Waals surface area contributed by atoms with Crippen LogP contribution in [0.4, 0.5) is 17.5 Å². The van der Waals surface area contributed by atoms with E-state index in [2.05, 4.69) is 20.6 Å². The molecule has 0 radical (unpaired) electrons. The highest BCUT2D eigenvalue weighted by Crippen LogP contribution is 2.25. The molecule has 0 spiro atoms. The quantitative estimate of drug-likeness (QED) is 0.594. The van der Waals surface area contributed by atoms with Gasteiger partial charge in [-0.2, -0.15) is 0 Å². The molecule has 3 N–H and O–H groups in total. The largest absolute Gasteiger partial charge is 0.394 e. The van der Waals surface area contributed by atoms with Crippen molar-refractivity contribution in [2.75, 3.05) is 17.2 Å². The van der Waals surface area contributed by atoms with E-state index >= 15 is 0 Å². The second-order valence-electron chi connectivity index (χ2n) is 6.50. The molecule has 0 bridgehead atoms. The van der Waals surface area contributed by atoms with Gasteiger partial charge < -0.3 is 20.3 Å². The molecule has 7 heteroatoms. The summed E-state index contributed by atoms with van der Waals surface area (Å²) in [7, 11) is 0. The molecule has 0 aliphatic heterocycles. The van der Waals surface area contributed by atoms with Crippen molar-refractivity contribution in [2.45, 2.75) is 39.8 Å². The van der Waals surface area contributed by atoms with Gasteiger partial charge in [0.2, 0.25) is 0 Å². The number of anilines is 3. The van der Waals surface area contributed by atoms with Gasteiger partial charge in [-0.1, -0.05) is 6.92 Å². The van der Waals surface area contributed by atoms with Crippen LogP contribution >= 0.6 is 0 Å². The van der Waals surface area contributed by atoms with Gasteiger partial charge in [-0.05, 0) is 55.5 Å². The molecular weight excluding hydrogens is 342 g/mol. The third kappa shape index (κ3) is 4.09. The number of aryl methyl sites for hydroxylation is 2. The highest BCUT2D eigenvalue weighted by atomic mass is 16.3. The van der Waals surface area contributed by atoms with Crippen molar-refractivity contribution in [1.82, 2.24) is 14.5 Å². The molecule has 3 rings (SSSR count). The van der Waals surface area contributed by atoms with E-state index in [1.165, 1.54) is 0 Å². The molecular formula is C20H25N5O2. The summed E-state index contributed by atoms with van der Waals surface area (Å²) >= 11 is 0. The van der Waals surface area contributed by atoms with Crippen LogP contribution in [0.3, 0.4) is 0 Å². The van der Waals surface area contributed by atoms with Crippen LogP contribution in [0.2, 0.25) is 0 Å². The fraction of sp³-hybridized carbons (Fsp3) is 0.350. The Labute approximate surface area is 158 Å². The standard InChI is InChI=1S/C20H25N5O2/c1-4-15(12-26)22-19-18-14(7-9-25(5-2)20(18)27)11-17(24-19)23-16-10-13(3)6-8-21-16/h6-11,15,26H,4-5,12H2,1-3H3,(H2,21,22,23,24)/t15-/m0/s1. The maximum Gasteiger partial charge on any atom is 0.262 e. The number of aliphatic hydroxyl groups is 1. The molecule has 0 saturated heterocycles. The van der Waals surface area contributed by atoms with Crippen molar-refractivity contribution in [3.8, 4) is 0 Å². The minimum atomic E-state index is -0.178. The van der Waals surface area contributed by atoms with Crippen LogP contribution in [0.1, 0.15) is 25.8 Å². The molecule has 0 aliphatic carbocycles. The molecule has 0 fully saturated rings. The topological polar surface area (TPSA) is 92.1 Å². The van der Waals surface area contributed by atoms with Gasteiger partial charge in [0.1, 0.15) is 17.5 Å². The summed E-state index contributed by atoms with van der Waals surface area (Å²) in [5, 5.41) is 17.3. The monoisotopic (exact) mass is 367 g/mol. The van der Waals surface area contributed by atoms with Crippen LogP contribution < -0.4 is 16.2 Å². The first-order valence-corrected chi connectivity index (χ1v) is 9.17. The maximum absolute atomic E-state index is 12.8. The van der Waals surface area contributed by atoms with Crippen LogP contribution in [0, 0.1) is 6.92 Å². The van der Waals surface area contributed by atoms with E-state index in [4.69, 9.17) is 0 Å². The van der Waals surface area contributed by atoms with Gasteiger partial charge in [-0.3, -0.25) is 4.79 Å². The average molecular weight is 367 g/mol. The minimum Gasteiger partial charge on any atom is -0.394 e. The predicted octanol–water partition coefficient (Wildman–Crippen LogP) is 3.05. The predicted molar refractivity (Wildman–Crippen MR) is 109 cm³/mol. The van der Waals surface area contributed by atoms with E-state index in [0.717, 1.165) is 10.9 Å². The van der Waals surface area contributed by atoms with Gasteiger partial charge in [-0.25, -0.2) is 9.97 Å². The second kappa shape index (κ2) is 8.18. The van der Waals surface area contributed by atoms with Crippen molar-refractivity contribution in [3.63, 3.8) is 0 Å². The Morgan fingerprint density at radius 1 is 1.22 bits per heavy atom. The van der Waals surface area contributed by atoms with E-state index < -0.39 is 0 Å². The number of nitrogens with zero attached hydrogens (tertiary/aromatic N) is 3. The van der Waals surface area contributed by atoms with Gasteiger partial charge in [0.05, 0.1) is 18.0 Å². The molecule has 3 aromatic heterocycles. The summed E-state index contributed by atoms with van der Waals surface area (Å²) in [4.78, 5) is 21.8. The lowest BCUT2D eigenvalue weighted by Gasteiger charge is -2.18. The van der Waals surface area contributed by atoms with Crippen molar-refractivity contribution in [3.05, 3.63) is 52.6 Å². The molecule has 0 aromatic carbocycles. The maximum atomic E-state index is 12.8. The van der Waals surface area contributed by atoms with Crippen molar-refractivity contribution >= 4 is 28.2 Å². The number of fused-ring (bicyclic) bond motifs is 1. The Morgan fingerprint density at radius 3 is 2.70 bits per heavy atom. The third-order valence-electron chi connectivity index (χ3n) is 4.53. The molecule has 0 aliphatic rings. The Bertz CT molecular complexity index is 995. The van der Waals surface area contributed by atoms with E-state index in [1.807, 2.05) is 45.0 Å². The fourth-order valence-electron chi connectivity index (χ4n) is 2.93. The van der Waals surface area contributed by atoms with E-state index in [9.17, 15) is 9.90 Å². The Balaban J connectivity index is 2.12. The summed E-state index contributed by atoms with van der Waals surface area (Å²) in [6.45, 7) is 6.44. The zero-order valence-electron chi connectivity index (χ0n) is 15.9. The number of rotatable bonds is 7. The van der Waals surface area contributed by atoms with Crippen LogP contribution in [-0.4, -0.2) is 32.3 Å². The highest BCUT2D eigenvalue weighted by molar-refractivity contribution is 5.93. The Kier molecular flexibility index (Phi) is 5.71. The number of pyridine rings is 3. The lowest BCUT2D eigenvalue weighted by atomic mass is 10.1. The molecule has 3 aromatic rings. The minimum absolute atomic E-state index is 0.0361. The van der Waals surface area contributed by atoms with Crippen molar-refractivity contribution < 1.29 is 5.11 Å². The first-order chi connectivity index (χ1) is 13.0. The first kappa shape index (κ1) is 18.8. The smallest absolute Gasteiger partial charge is 0.262 e. The van der Waals surface area contributed by atoms with E-state index in [1.54, 1.807) is 17.0 Å². The third-order valence-corrected chi connectivity index (χ3v) is 4.53. The summed E-state index contributed by atoms with van der Waals surface area (Å²) < 4.78 is 1.64. The number of aliphatic hydroxyl groups excluding tert-OH is 1. The second-order valence-corrected chi connectivity index (χ2v) is 6.50. The molecule has 27 heavy (non-hydrogen) atoms. The van der Waals surface area contributed by atoms with Gasteiger partial charge in [0, 0.05) is 18.9 Å². The van der Waals surface area contributed by atoms with Crippen molar-refractivity contribution in [2.24, 2.45) is 0 Å². The number of hydrogen-bond acceptors (Lipinski definition) is 6. The first-order valence-electron chi connectivity index (χ1n) is 9.17. The van der Waals surface area contributed by atoms with E-state index in [-0.39, 0.29) is 18.2 Å². The Morgan fingerprint density at radius 2 is 2.04 bits per heavy atom. The van der Waals surface area contributed by atoms with Crippen LogP contribution in [0.25, 0.3) is 10.8 Å². The SMILES string of the molecule is CC[C@@H](CO)Nc1nc(Nc2cc(C)ccn2)cc2ccn(CC)c(=O)c12. The summed E-state index contributed by atoms with van der Waals surface area (Å²) in [6.07, 6.45) is 4.23. The number of aromatic nitrogens is 3. The lowest BCUT2D eigenvalue weighted by Crippen LogP contribution is -2.26. The normalized spacial score (nSPS) is 12.1. The molecule has 7 nitrogen and oxygen atoms in total. The summed E-state index contributed by atoms with van der Waals surface area (Å²) in [6, 6.07) is 7.42. The number of nitrogens with one attached hydrogen (secondary N) is 2. The lowest BCUT2D eigenvalue weighted by molar-refractivity contribution is 0.271.